The van der Waals surface area contributed by atoms with Gasteiger partial charge in [0.15, 0.2) is 6.61 Å². The van der Waals surface area contributed by atoms with Gasteiger partial charge in [0, 0.05) is 22.8 Å². The Labute approximate surface area is 188 Å². The fourth-order valence-corrected chi connectivity index (χ4v) is 4.02. The lowest BCUT2D eigenvalue weighted by atomic mass is 10.1. The summed E-state index contributed by atoms with van der Waals surface area (Å²) in [4.78, 5) is 27.4. The highest BCUT2D eigenvalue weighted by atomic mass is 32.2. The van der Waals surface area contributed by atoms with Crippen molar-refractivity contribution in [2.24, 2.45) is 0 Å². The number of alkyl halides is 2. The van der Waals surface area contributed by atoms with Crippen molar-refractivity contribution in [2.75, 3.05) is 23.4 Å². The van der Waals surface area contributed by atoms with Gasteiger partial charge in [0.2, 0.25) is 0 Å². The Bertz CT molecular complexity index is 1120. The molecule has 8 heteroatoms. The second kappa shape index (κ2) is 9.82. The molecule has 1 N–H and O–H groups in total. The minimum Gasteiger partial charge on any atom is -0.452 e. The van der Waals surface area contributed by atoms with E-state index in [4.69, 9.17) is 4.74 Å². The van der Waals surface area contributed by atoms with Gasteiger partial charge in [0.25, 0.3) is 11.7 Å². The first-order chi connectivity index (χ1) is 15.5. The van der Waals surface area contributed by atoms with Crippen LogP contribution < -0.4 is 10.2 Å². The molecule has 0 aromatic heterocycles. The Morgan fingerprint density at radius 2 is 1.72 bits per heavy atom. The highest BCUT2D eigenvalue weighted by molar-refractivity contribution is 7.99. The third-order valence-corrected chi connectivity index (χ3v) is 5.74. The van der Waals surface area contributed by atoms with Crippen molar-refractivity contribution in [2.45, 2.75) is 17.1 Å². The van der Waals surface area contributed by atoms with E-state index < -0.39 is 11.7 Å². The van der Waals surface area contributed by atoms with Gasteiger partial charge in [-0.3, -0.25) is 4.79 Å². The topological polar surface area (TPSA) is 58.6 Å². The van der Waals surface area contributed by atoms with Crippen molar-refractivity contribution in [3.8, 4) is 0 Å². The Morgan fingerprint density at radius 1 is 1.00 bits per heavy atom. The molecule has 3 aromatic carbocycles. The van der Waals surface area contributed by atoms with Crippen LogP contribution >= 0.6 is 11.8 Å². The fraction of sp³-hybridized carbons (Fsp3) is 0.167. The zero-order valence-corrected chi connectivity index (χ0v) is 17.8. The van der Waals surface area contributed by atoms with Crippen molar-refractivity contribution in [1.82, 2.24) is 0 Å². The first-order valence-corrected chi connectivity index (χ1v) is 10.9. The van der Waals surface area contributed by atoms with Gasteiger partial charge >= 0.3 is 5.97 Å². The van der Waals surface area contributed by atoms with Gasteiger partial charge in [0.05, 0.1) is 11.3 Å². The van der Waals surface area contributed by atoms with E-state index >= 15 is 0 Å². The number of rotatable bonds is 7. The second-order valence-corrected chi connectivity index (χ2v) is 8.14. The number of benzene rings is 3. The lowest BCUT2D eigenvalue weighted by molar-refractivity contribution is -0.121. The van der Waals surface area contributed by atoms with E-state index in [1.165, 1.54) is 0 Å². The van der Waals surface area contributed by atoms with Gasteiger partial charge in [-0.15, -0.1) is 0 Å². The smallest absolute Gasteiger partial charge is 0.340 e. The van der Waals surface area contributed by atoms with E-state index in [-0.39, 0.29) is 18.1 Å². The Hall–Kier alpha value is -3.39. The molecule has 0 saturated heterocycles. The predicted octanol–water partition coefficient (Wildman–Crippen LogP) is 5.49. The van der Waals surface area contributed by atoms with Gasteiger partial charge in [-0.05, 0) is 54.4 Å². The highest BCUT2D eigenvalue weighted by Gasteiger charge is 2.25. The van der Waals surface area contributed by atoms with Crippen LogP contribution in [0.3, 0.4) is 0 Å². The van der Waals surface area contributed by atoms with Gasteiger partial charge in [0.1, 0.15) is 0 Å². The molecule has 1 amide bonds. The summed E-state index contributed by atoms with van der Waals surface area (Å²) in [5.41, 5.74) is 3.34. The summed E-state index contributed by atoms with van der Waals surface area (Å²) >= 11 is 0.466. The number of nitrogens with zero attached hydrogens (tertiary/aromatic N) is 1. The van der Waals surface area contributed by atoms with Crippen LogP contribution in [-0.4, -0.2) is 30.8 Å². The first kappa shape index (κ1) is 21.8. The SMILES string of the molecule is O=C(OCC(=O)N1CCc2ccccc21)c1ccccc1Nc1ccc(SC(F)F)cc1. The average molecular weight is 454 g/mol. The van der Waals surface area contributed by atoms with E-state index in [1.54, 1.807) is 53.4 Å². The number of amides is 1. The van der Waals surface area contributed by atoms with Crippen LogP contribution in [0.25, 0.3) is 0 Å². The molecule has 1 aliphatic heterocycles. The Kier molecular flexibility index (Phi) is 6.70. The summed E-state index contributed by atoms with van der Waals surface area (Å²) in [7, 11) is 0. The molecule has 3 aromatic rings. The normalized spacial score (nSPS) is 12.5. The van der Waals surface area contributed by atoms with E-state index in [2.05, 4.69) is 5.32 Å². The number of carbonyl (C=O) groups excluding carboxylic acids is 2. The number of thioether (sulfide) groups is 1. The number of ether oxygens (including phenoxy) is 1. The van der Waals surface area contributed by atoms with Crippen LogP contribution in [-0.2, 0) is 16.0 Å². The monoisotopic (exact) mass is 454 g/mol. The number of para-hydroxylation sites is 2. The molecule has 164 valence electrons. The Morgan fingerprint density at radius 3 is 2.50 bits per heavy atom. The molecule has 0 fully saturated rings. The van der Waals surface area contributed by atoms with Gasteiger partial charge in [-0.25, -0.2) is 4.79 Å². The molecule has 0 spiro atoms. The van der Waals surface area contributed by atoms with Crippen molar-refractivity contribution in [3.05, 3.63) is 83.9 Å². The molecule has 0 radical (unpaired) electrons. The summed E-state index contributed by atoms with van der Waals surface area (Å²) in [5.74, 6) is -3.39. The number of halogens is 2. The van der Waals surface area contributed by atoms with Crippen molar-refractivity contribution in [1.29, 1.82) is 0 Å². The maximum absolute atomic E-state index is 12.7. The van der Waals surface area contributed by atoms with E-state index in [1.807, 2.05) is 24.3 Å². The number of hydrogen-bond donors (Lipinski definition) is 1. The number of hydrogen-bond acceptors (Lipinski definition) is 5. The molecular weight excluding hydrogens is 434 g/mol. The third kappa shape index (κ3) is 5.08. The summed E-state index contributed by atoms with van der Waals surface area (Å²) in [6, 6.07) is 20.9. The van der Waals surface area contributed by atoms with Crippen LogP contribution in [0.15, 0.2) is 77.7 Å². The molecule has 1 heterocycles. The molecule has 4 rings (SSSR count). The van der Waals surface area contributed by atoms with Crippen molar-refractivity contribution in [3.63, 3.8) is 0 Å². The second-order valence-electron chi connectivity index (χ2n) is 7.07. The van der Waals surface area contributed by atoms with Crippen LogP contribution in [0.5, 0.6) is 0 Å². The summed E-state index contributed by atoms with van der Waals surface area (Å²) in [5, 5.41) is 3.10. The maximum Gasteiger partial charge on any atom is 0.340 e. The lowest BCUT2D eigenvalue weighted by Crippen LogP contribution is -2.33. The zero-order valence-electron chi connectivity index (χ0n) is 17.0. The molecule has 0 aliphatic carbocycles. The Balaban J connectivity index is 1.40. The van der Waals surface area contributed by atoms with Crippen LogP contribution in [0.1, 0.15) is 15.9 Å². The molecule has 0 saturated carbocycles. The predicted molar refractivity (Wildman–Crippen MR) is 121 cm³/mol. The lowest BCUT2D eigenvalue weighted by Gasteiger charge is -2.17. The summed E-state index contributed by atoms with van der Waals surface area (Å²) < 4.78 is 30.3. The standard InChI is InChI=1S/C24H20F2N2O3S/c25-24(26)32-18-11-9-17(10-12-18)27-20-7-3-2-6-19(20)23(30)31-15-22(29)28-14-13-16-5-1-4-8-21(16)28/h1-12,24,27H,13-15H2. The molecule has 1 aliphatic rings. The molecule has 5 nitrogen and oxygen atoms in total. The van der Waals surface area contributed by atoms with Gasteiger partial charge in [-0.1, -0.05) is 42.1 Å². The van der Waals surface area contributed by atoms with Gasteiger partial charge < -0.3 is 15.0 Å². The number of anilines is 3. The first-order valence-electron chi connectivity index (χ1n) is 9.97. The minimum absolute atomic E-state index is 0.271. The molecule has 0 atom stereocenters. The van der Waals surface area contributed by atoms with Crippen LogP contribution in [0, 0.1) is 0 Å². The molecule has 32 heavy (non-hydrogen) atoms. The number of esters is 1. The number of nitrogens with one attached hydrogen (secondary N) is 1. The maximum atomic E-state index is 12.7. The summed E-state index contributed by atoms with van der Waals surface area (Å²) in [6.45, 7) is 0.203. The molecule has 0 bridgehead atoms. The third-order valence-electron chi connectivity index (χ3n) is 5.02. The fourth-order valence-electron chi connectivity index (χ4n) is 3.53. The van der Waals surface area contributed by atoms with Crippen LogP contribution in [0.2, 0.25) is 0 Å². The number of fused-ring (bicyclic) bond motifs is 1. The van der Waals surface area contributed by atoms with E-state index in [0.717, 1.165) is 17.7 Å². The number of carbonyl (C=O) groups is 2. The van der Waals surface area contributed by atoms with E-state index in [0.29, 0.717) is 34.6 Å². The van der Waals surface area contributed by atoms with Crippen LogP contribution in [0.4, 0.5) is 25.8 Å². The quantitative estimate of drug-likeness (QED) is 0.378. The molecular formula is C24H20F2N2O3S. The average Bonchev–Trinajstić information content (AvgIpc) is 3.23. The highest BCUT2D eigenvalue weighted by Crippen LogP contribution is 2.29. The van der Waals surface area contributed by atoms with Gasteiger partial charge in [-0.2, -0.15) is 8.78 Å². The van der Waals surface area contributed by atoms with Crippen molar-refractivity contribution < 1.29 is 23.1 Å². The zero-order chi connectivity index (χ0) is 22.5. The van der Waals surface area contributed by atoms with Crippen molar-refractivity contribution >= 4 is 40.7 Å². The molecule has 0 unspecified atom stereocenters. The summed E-state index contributed by atoms with van der Waals surface area (Å²) in [6.07, 6.45) is 0.775. The van der Waals surface area contributed by atoms with E-state index in [9.17, 15) is 18.4 Å². The largest absolute Gasteiger partial charge is 0.452 e. The minimum atomic E-state index is -2.49.